The van der Waals surface area contributed by atoms with Crippen molar-refractivity contribution in [1.29, 1.82) is 0 Å². The summed E-state index contributed by atoms with van der Waals surface area (Å²) in [5.41, 5.74) is 1.73. The minimum absolute atomic E-state index is 0.0622. The fourth-order valence-corrected chi connectivity index (χ4v) is 4.40. The number of anilines is 3. The summed E-state index contributed by atoms with van der Waals surface area (Å²) < 4.78 is 33.8. The van der Waals surface area contributed by atoms with Gasteiger partial charge in [-0.25, -0.2) is 4.31 Å². The van der Waals surface area contributed by atoms with Crippen LogP contribution in [0.15, 0.2) is 48.5 Å². The van der Waals surface area contributed by atoms with E-state index in [4.69, 9.17) is 9.84 Å². The molecule has 0 radical (unpaired) electrons. The molecule has 1 heterocycles. The average Bonchev–Trinajstić information content (AvgIpc) is 2.79. The van der Waals surface area contributed by atoms with E-state index in [0.29, 0.717) is 29.2 Å². The fourth-order valence-electron chi connectivity index (χ4n) is 2.65. The van der Waals surface area contributed by atoms with E-state index in [0.717, 1.165) is 0 Å². The number of aliphatic hydroxyl groups is 1. The molecule has 0 spiro atoms. The highest BCUT2D eigenvalue weighted by atomic mass is 32.2. The number of aliphatic hydroxyl groups excluding tert-OH is 1. The highest BCUT2D eigenvalue weighted by Gasteiger charge is 2.40. The van der Waals surface area contributed by atoms with Crippen LogP contribution in [0.4, 0.5) is 17.1 Å². The standard InChI is InChI=1S/C16H18N2O4S/c1-22-14-7-4-6-13(12-14)18-16-9-3-2-8-15(16)17(10-5-11-19)23(18,20)21/h2-4,6-9,12,19H,5,10-11H2,1H3. The Morgan fingerprint density at radius 1 is 1.09 bits per heavy atom. The lowest BCUT2D eigenvalue weighted by Gasteiger charge is -2.21. The van der Waals surface area contributed by atoms with E-state index in [1.165, 1.54) is 8.61 Å². The van der Waals surface area contributed by atoms with Crippen LogP contribution in [0, 0.1) is 0 Å². The molecule has 3 rings (SSSR count). The molecule has 1 aliphatic heterocycles. The van der Waals surface area contributed by atoms with E-state index >= 15 is 0 Å². The van der Waals surface area contributed by atoms with Gasteiger partial charge in [0, 0.05) is 19.2 Å². The summed E-state index contributed by atoms with van der Waals surface area (Å²) >= 11 is 0. The Morgan fingerprint density at radius 2 is 1.83 bits per heavy atom. The predicted octanol–water partition coefficient (Wildman–Crippen LogP) is 2.28. The molecule has 23 heavy (non-hydrogen) atoms. The van der Waals surface area contributed by atoms with Crippen molar-refractivity contribution in [3.05, 3.63) is 48.5 Å². The van der Waals surface area contributed by atoms with E-state index in [1.807, 2.05) is 0 Å². The number of methoxy groups -OCH3 is 1. The molecule has 2 aromatic carbocycles. The largest absolute Gasteiger partial charge is 0.497 e. The van der Waals surface area contributed by atoms with Gasteiger partial charge in [0.15, 0.2) is 0 Å². The van der Waals surface area contributed by atoms with Gasteiger partial charge in [0.1, 0.15) is 5.75 Å². The van der Waals surface area contributed by atoms with Crippen LogP contribution in [0.25, 0.3) is 0 Å². The molecular weight excluding hydrogens is 316 g/mol. The summed E-state index contributed by atoms with van der Waals surface area (Å²) in [7, 11) is -2.20. The van der Waals surface area contributed by atoms with Crippen molar-refractivity contribution < 1.29 is 18.3 Å². The van der Waals surface area contributed by atoms with Crippen molar-refractivity contribution in [2.75, 3.05) is 28.9 Å². The zero-order chi connectivity index (χ0) is 16.4. The summed E-state index contributed by atoms with van der Waals surface area (Å²) in [5, 5.41) is 9.04. The molecule has 1 aliphatic rings. The van der Waals surface area contributed by atoms with E-state index in [1.54, 1.807) is 55.6 Å². The summed E-state index contributed by atoms with van der Waals surface area (Å²) in [5.74, 6) is 0.587. The molecule has 122 valence electrons. The van der Waals surface area contributed by atoms with Crippen LogP contribution < -0.4 is 13.3 Å². The number of ether oxygens (including phenoxy) is 1. The molecule has 0 saturated heterocycles. The van der Waals surface area contributed by atoms with Crippen molar-refractivity contribution in [1.82, 2.24) is 0 Å². The zero-order valence-corrected chi connectivity index (χ0v) is 13.5. The summed E-state index contributed by atoms with van der Waals surface area (Å²) in [6.07, 6.45) is 0.375. The van der Waals surface area contributed by atoms with Gasteiger partial charge >= 0.3 is 10.2 Å². The van der Waals surface area contributed by atoms with Crippen molar-refractivity contribution in [2.24, 2.45) is 0 Å². The predicted molar refractivity (Wildman–Crippen MR) is 89.5 cm³/mol. The quantitative estimate of drug-likeness (QED) is 0.911. The number of fused-ring (bicyclic) bond motifs is 1. The second-order valence-electron chi connectivity index (χ2n) is 5.11. The smallest absolute Gasteiger partial charge is 0.330 e. The normalized spacial score (nSPS) is 15.6. The molecule has 7 heteroatoms. The first kappa shape index (κ1) is 15.6. The Kier molecular flexibility index (Phi) is 4.14. The van der Waals surface area contributed by atoms with E-state index in [2.05, 4.69) is 0 Å². The number of hydrogen-bond donors (Lipinski definition) is 1. The van der Waals surface area contributed by atoms with Crippen LogP contribution in [0.3, 0.4) is 0 Å². The Balaban J connectivity index is 2.13. The van der Waals surface area contributed by atoms with Gasteiger partial charge < -0.3 is 9.84 Å². The van der Waals surface area contributed by atoms with Crippen molar-refractivity contribution >= 4 is 27.3 Å². The highest BCUT2D eigenvalue weighted by Crippen LogP contribution is 2.45. The maximum atomic E-state index is 13.0. The van der Waals surface area contributed by atoms with Gasteiger partial charge in [-0.1, -0.05) is 18.2 Å². The molecule has 0 aliphatic carbocycles. The number of hydrogen-bond acceptors (Lipinski definition) is 4. The van der Waals surface area contributed by atoms with Crippen LogP contribution in [0.1, 0.15) is 6.42 Å². The monoisotopic (exact) mass is 334 g/mol. The van der Waals surface area contributed by atoms with Crippen LogP contribution in [0.5, 0.6) is 5.75 Å². The molecule has 0 aromatic heterocycles. The molecule has 0 unspecified atom stereocenters. The second kappa shape index (κ2) is 6.10. The van der Waals surface area contributed by atoms with Gasteiger partial charge in [-0.15, -0.1) is 0 Å². The topological polar surface area (TPSA) is 70.1 Å². The first-order valence-corrected chi connectivity index (χ1v) is 8.66. The molecule has 2 aromatic rings. The molecule has 0 bridgehead atoms. The Labute approximate surface area is 135 Å². The van der Waals surface area contributed by atoms with Gasteiger partial charge in [0.2, 0.25) is 0 Å². The van der Waals surface area contributed by atoms with Crippen molar-refractivity contribution in [3.63, 3.8) is 0 Å². The lowest BCUT2D eigenvalue weighted by molar-refractivity contribution is 0.291. The first-order valence-electron chi connectivity index (χ1n) is 7.26. The van der Waals surface area contributed by atoms with Crippen LogP contribution in [0.2, 0.25) is 0 Å². The fraction of sp³-hybridized carbons (Fsp3) is 0.250. The summed E-state index contributed by atoms with van der Waals surface area (Å²) in [6, 6.07) is 14.1. The van der Waals surface area contributed by atoms with Gasteiger partial charge in [-0.05, 0) is 30.7 Å². The SMILES string of the molecule is COc1cccc(N2c3ccccc3N(CCCO)S2(=O)=O)c1. The van der Waals surface area contributed by atoms with Crippen LogP contribution in [-0.2, 0) is 10.2 Å². The van der Waals surface area contributed by atoms with Gasteiger partial charge in [-0.2, -0.15) is 8.42 Å². The highest BCUT2D eigenvalue weighted by molar-refractivity contribution is 7.95. The van der Waals surface area contributed by atoms with Crippen molar-refractivity contribution in [2.45, 2.75) is 6.42 Å². The maximum Gasteiger partial charge on any atom is 0.330 e. The molecular formula is C16H18N2O4S. The lowest BCUT2D eigenvalue weighted by Crippen LogP contribution is -2.36. The summed E-state index contributed by atoms with van der Waals surface area (Å²) in [4.78, 5) is 0. The van der Waals surface area contributed by atoms with Crippen molar-refractivity contribution in [3.8, 4) is 5.75 Å². The minimum atomic E-state index is -3.74. The second-order valence-corrected chi connectivity index (χ2v) is 6.81. The number of benzene rings is 2. The third-order valence-electron chi connectivity index (χ3n) is 3.69. The minimum Gasteiger partial charge on any atom is -0.497 e. The summed E-state index contributed by atoms with van der Waals surface area (Å²) in [6.45, 7) is 0.170. The molecule has 0 amide bonds. The number of para-hydroxylation sites is 2. The molecule has 0 saturated carbocycles. The number of rotatable bonds is 5. The molecule has 0 atom stereocenters. The van der Waals surface area contributed by atoms with Gasteiger partial charge in [0.05, 0.1) is 24.2 Å². The Morgan fingerprint density at radius 3 is 2.52 bits per heavy atom. The molecule has 6 nitrogen and oxygen atoms in total. The third-order valence-corrected chi connectivity index (χ3v) is 5.49. The van der Waals surface area contributed by atoms with E-state index in [9.17, 15) is 8.42 Å². The number of nitrogens with zero attached hydrogens (tertiary/aromatic N) is 2. The van der Waals surface area contributed by atoms with E-state index in [-0.39, 0.29) is 13.2 Å². The van der Waals surface area contributed by atoms with Gasteiger partial charge in [-0.3, -0.25) is 4.31 Å². The lowest BCUT2D eigenvalue weighted by atomic mass is 10.2. The third kappa shape index (κ3) is 2.62. The molecule has 1 N–H and O–H groups in total. The van der Waals surface area contributed by atoms with E-state index < -0.39 is 10.2 Å². The average molecular weight is 334 g/mol. The maximum absolute atomic E-state index is 13.0. The Hall–Kier alpha value is -2.25. The molecule has 0 fully saturated rings. The Bertz CT molecular complexity index is 807. The van der Waals surface area contributed by atoms with Crippen LogP contribution in [-0.4, -0.2) is 33.8 Å². The van der Waals surface area contributed by atoms with Gasteiger partial charge in [0.25, 0.3) is 0 Å². The van der Waals surface area contributed by atoms with Crippen LogP contribution >= 0.6 is 0 Å². The zero-order valence-electron chi connectivity index (χ0n) is 12.7. The first-order chi connectivity index (χ1) is 11.1.